The summed E-state index contributed by atoms with van der Waals surface area (Å²) in [5, 5.41) is 5.29. The molecule has 2 aromatic carbocycles. The van der Waals surface area contributed by atoms with E-state index in [2.05, 4.69) is 10.6 Å². The van der Waals surface area contributed by atoms with Gasteiger partial charge >= 0.3 is 0 Å². The van der Waals surface area contributed by atoms with Gasteiger partial charge in [0.05, 0.1) is 11.1 Å². The van der Waals surface area contributed by atoms with Crippen LogP contribution in [-0.2, 0) is 15.0 Å². The molecule has 4 nitrogen and oxygen atoms in total. The number of rotatable bonds is 4. The van der Waals surface area contributed by atoms with E-state index in [0.29, 0.717) is 5.69 Å². The minimum Gasteiger partial charge on any atom is -0.326 e. The van der Waals surface area contributed by atoms with Crippen LogP contribution in [0.5, 0.6) is 0 Å². The summed E-state index contributed by atoms with van der Waals surface area (Å²) in [4.78, 5) is 24.0. The van der Waals surface area contributed by atoms with Crippen LogP contribution in [0.3, 0.4) is 0 Å². The van der Waals surface area contributed by atoms with Gasteiger partial charge in [0.1, 0.15) is 5.82 Å². The summed E-state index contributed by atoms with van der Waals surface area (Å²) < 4.78 is 14.1. The zero-order valence-corrected chi connectivity index (χ0v) is 13.4. The second-order valence-corrected chi connectivity index (χ2v) is 6.13. The Balaban J connectivity index is 1.85. The highest BCUT2D eigenvalue weighted by Gasteiger charge is 2.45. The minimum atomic E-state index is -0.599. The molecule has 5 heteroatoms. The molecule has 0 aromatic heterocycles. The first-order chi connectivity index (χ1) is 11.5. The van der Waals surface area contributed by atoms with Crippen molar-refractivity contribution in [2.24, 2.45) is 0 Å². The molecular formula is C19H19FN2O2. The third-order valence-electron chi connectivity index (χ3n) is 4.50. The highest BCUT2D eigenvalue weighted by molar-refractivity contribution is 6.00. The summed E-state index contributed by atoms with van der Waals surface area (Å²) in [5.41, 5.74) is 0.875. The van der Waals surface area contributed by atoms with Gasteiger partial charge in [-0.3, -0.25) is 9.59 Å². The monoisotopic (exact) mass is 326 g/mol. The van der Waals surface area contributed by atoms with Crippen molar-refractivity contribution in [3.8, 4) is 0 Å². The topological polar surface area (TPSA) is 58.2 Å². The van der Waals surface area contributed by atoms with E-state index in [0.717, 1.165) is 24.8 Å². The molecule has 0 heterocycles. The van der Waals surface area contributed by atoms with Crippen molar-refractivity contribution in [1.82, 2.24) is 0 Å². The van der Waals surface area contributed by atoms with Gasteiger partial charge in [-0.2, -0.15) is 0 Å². The molecule has 2 amide bonds. The van der Waals surface area contributed by atoms with Gasteiger partial charge in [-0.1, -0.05) is 36.8 Å². The highest BCUT2D eigenvalue weighted by atomic mass is 19.1. The number of benzene rings is 2. The minimum absolute atomic E-state index is 0.0773. The average molecular weight is 326 g/mol. The first kappa shape index (κ1) is 16.2. The Labute approximate surface area is 140 Å². The molecule has 0 radical (unpaired) electrons. The van der Waals surface area contributed by atoms with Crippen LogP contribution < -0.4 is 10.6 Å². The Hall–Kier alpha value is -2.69. The van der Waals surface area contributed by atoms with Gasteiger partial charge < -0.3 is 10.6 Å². The number of amides is 2. The molecule has 0 saturated heterocycles. The van der Waals surface area contributed by atoms with Crippen LogP contribution in [0.15, 0.2) is 48.5 Å². The molecule has 0 bridgehead atoms. The standard InChI is InChI=1S/C19H19FN2O2/c1-13(23)21-15-8-9-16(20)17(12-15)22-18(24)19(10-5-11-19)14-6-3-2-4-7-14/h2-4,6-9,12H,5,10-11H2,1H3,(H,21,23)(H,22,24). The Morgan fingerprint density at radius 3 is 2.33 bits per heavy atom. The molecule has 2 aromatic rings. The molecule has 0 unspecified atom stereocenters. The summed E-state index contributed by atoms with van der Waals surface area (Å²) in [7, 11) is 0. The van der Waals surface area contributed by atoms with Crippen molar-refractivity contribution < 1.29 is 14.0 Å². The molecule has 24 heavy (non-hydrogen) atoms. The van der Waals surface area contributed by atoms with E-state index in [1.165, 1.54) is 25.1 Å². The highest BCUT2D eigenvalue weighted by Crippen LogP contribution is 2.44. The second kappa shape index (κ2) is 6.43. The summed E-state index contributed by atoms with van der Waals surface area (Å²) >= 11 is 0. The number of hydrogen-bond acceptors (Lipinski definition) is 2. The third kappa shape index (κ3) is 3.02. The first-order valence-corrected chi connectivity index (χ1v) is 7.95. The van der Waals surface area contributed by atoms with Crippen molar-refractivity contribution in [3.63, 3.8) is 0 Å². The van der Waals surface area contributed by atoms with Crippen LogP contribution in [0.4, 0.5) is 15.8 Å². The lowest BCUT2D eigenvalue weighted by molar-refractivity contribution is -0.124. The zero-order valence-electron chi connectivity index (χ0n) is 13.4. The maximum atomic E-state index is 14.1. The van der Waals surface area contributed by atoms with Gasteiger partial charge in [-0.05, 0) is 36.6 Å². The fraction of sp³-hybridized carbons (Fsp3) is 0.263. The predicted molar refractivity (Wildman–Crippen MR) is 91.3 cm³/mol. The van der Waals surface area contributed by atoms with Crippen molar-refractivity contribution >= 4 is 23.2 Å². The largest absolute Gasteiger partial charge is 0.326 e. The molecule has 3 rings (SSSR count). The van der Waals surface area contributed by atoms with E-state index in [1.807, 2.05) is 30.3 Å². The number of hydrogen-bond donors (Lipinski definition) is 2. The van der Waals surface area contributed by atoms with E-state index >= 15 is 0 Å². The molecule has 1 saturated carbocycles. The van der Waals surface area contributed by atoms with Gasteiger partial charge in [0.15, 0.2) is 0 Å². The number of anilines is 2. The SMILES string of the molecule is CC(=O)Nc1ccc(F)c(NC(=O)C2(c3ccccc3)CCC2)c1. The summed E-state index contributed by atoms with van der Waals surface area (Å²) in [6.07, 6.45) is 2.46. The fourth-order valence-corrected chi connectivity index (χ4v) is 3.08. The molecule has 0 spiro atoms. The van der Waals surface area contributed by atoms with E-state index in [4.69, 9.17) is 0 Å². The van der Waals surface area contributed by atoms with Gasteiger partial charge in [0.25, 0.3) is 0 Å². The quantitative estimate of drug-likeness (QED) is 0.897. The molecule has 124 valence electrons. The fourth-order valence-electron chi connectivity index (χ4n) is 3.08. The van der Waals surface area contributed by atoms with Crippen molar-refractivity contribution in [2.75, 3.05) is 10.6 Å². The Bertz CT molecular complexity index is 770. The Kier molecular flexibility index (Phi) is 4.34. The normalized spacial score (nSPS) is 15.2. The lowest BCUT2D eigenvalue weighted by Gasteiger charge is -2.40. The van der Waals surface area contributed by atoms with Gasteiger partial charge in [-0.25, -0.2) is 4.39 Å². The molecule has 1 aliphatic carbocycles. The molecule has 0 atom stereocenters. The zero-order chi connectivity index (χ0) is 17.2. The average Bonchev–Trinajstić information content (AvgIpc) is 2.50. The summed E-state index contributed by atoms with van der Waals surface area (Å²) in [6, 6.07) is 13.7. The molecule has 1 aliphatic rings. The summed E-state index contributed by atoms with van der Waals surface area (Å²) in [6.45, 7) is 1.38. The first-order valence-electron chi connectivity index (χ1n) is 7.95. The molecule has 0 aliphatic heterocycles. The number of nitrogens with one attached hydrogen (secondary N) is 2. The lowest BCUT2D eigenvalue weighted by atomic mass is 9.64. The molecule has 1 fully saturated rings. The van der Waals surface area contributed by atoms with Gasteiger partial charge in [-0.15, -0.1) is 0 Å². The number of halogens is 1. The van der Waals surface area contributed by atoms with Crippen LogP contribution in [0.2, 0.25) is 0 Å². The van der Waals surface area contributed by atoms with Crippen LogP contribution in [0.25, 0.3) is 0 Å². The Morgan fingerprint density at radius 1 is 1.04 bits per heavy atom. The number of carbonyl (C=O) groups is 2. The molecular weight excluding hydrogens is 307 g/mol. The van der Waals surface area contributed by atoms with Crippen LogP contribution in [0.1, 0.15) is 31.7 Å². The van der Waals surface area contributed by atoms with E-state index in [1.54, 1.807) is 0 Å². The van der Waals surface area contributed by atoms with Gasteiger partial charge in [0, 0.05) is 12.6 Å². The van der Waals surface area contributed by atoms with Crippen molar-refractivity contribution in [3.05, 3.63) is 59.9 Å². The van der Waals surface area contributed by atoms with E-state index in [9.17, 15) is 14.0 Å². The van der Waals surface area contributed by atoms with Crippen LogP contribution in [-0.4, -0.2) is 11.8 Å². The smallest absolute Gasteiger partial charge is 0.235 e. The maximum Gasteiger partial charge on any atom is 0.235 e. The molecule has 2 N–H and O–H groups in total. The van der Waals surface area contributed by atoms with E-state index in [-0.39, 0.29) is 17.5 Å². The maximum absolute atomic E-state index is 14.1. The third-order valence-corrected chi connectivity index (χ3v) is 4.50. The van der Waals surface area contributed by atoms with E-state index < -0.39 is 11.2 Å². The van der Waals surface area contributed by atoms with Gasteiger partial charge in [0.2, 0.25) is 11.8 Å². The summed E-state index contributed by atoms with van der Waals surface area (Å²) in [5.74, 6) is -0.988. The number of carbonyl (C=O) groups excluding carboxylic acids is 2. The van der Waals surface area contributed by atoms with Crippen molar-refractivity contribution in [1.29, 1.82) is 0 Å². The second-order valence-electron chi connectivity index (χ2n) is 6.13. The van der Waals surface area contributed by atoms with Crippen LogP contribution in [0, 0.1) is 5.82 Å². The predicted octanol–water partition coefficient (Wildman–Crippen LogP) is 3.84. The van der Waals surface area contributed by atoms with Crippen molar-refractivity contribution in [2.45, 2.75) is 31.6 Å². The van der Waals surface area contributed by atoms with Crippen LogP contribution >= 0.6 is 0 Å². The lowest BCUT2D eigenvalue weighted by Crippen LogP contribution is -2.46. The Morgan fingerprint density at radius 2 is 1.75 bits per heavy atom.